The molecule has 0 radical (unpaired) electrons. The number of hydrogen-bond acceptors (Lipinski definition) is 7. The van der Waals surface area contributed by atoms with Gasteiger partial charge in [0.15, 0.2) is 5.04 Å². The second kappa shape index (κ2) is 13.1. The van der Waals surface area contributed by atoms with Crippen molar-refractivity contribution in [3.63, 3.8) is 0 Å². The van der Waals surface area contributed by atoms with Crippen LogP contribution >= 0.6 is 11.8 Å². The fourth-order valence-electron chi connectivity index (χ4n) is 7.47. The van der Waals surface area contributed by atoms with E-state index in [0.29, 0.717) is 54.8 Å². The van der Waals surface area contributed by atoms with Gasteiger partial charge >= 0.3 is 5.97 Å². The molecule has 3 N–H and O–H groups in total. The molecule has 6 aliphatic rings. The van der Waals surface area contributed by atoms with Crippen LogP contribution in [-0.2, 0) is 23.9 Å². The molecule has 2 aliphatic heterocycles. The number of anilines is 1. The summed E-state index contributed by atoms with van der Waals surface area (Å²) in [6.45, 7) is 3.39. The van der Waals surface area contributed by atoms with Gasteiger partial charge in [-0.1, -0.05) is 49.2 Å². The zero-order valence-corrected chi connectivity index (χ0v) is 27.3. The summed E-state index contributed by atoms with van der Waals surface area (Å²) in [4.78, 5) is 44.0. The second-order valence-corrected chi connectivity index (χ2v) is 13.9. The van der Waals surface area contributed by atoms with Crippen LogP contribution in [0.15, 0.2) is 92.3 Å². The summed E-state index contributed by atoms with van der Waals surface area (Å²) in [6.07, 6.45) is 16.7. The molecule has 9 nitrogen and oxygen atoms in total. The minimum absolute atomic E-state index is 0.00895. The number of carbonyl (C=O) groups is 3. The van der Waals surface area contributed by atoms with E-state index in [1.165, 1.54) is 53.8 Å². The monoisotopic (exact) mass is 653 g/mol. The van der Waals surface area contributed by atoms with Crippen LogP contribution in [0.25, 0.3) is 6.08 Å². The van der Waals surface area contributed by atoms with Crippen LogP contribution in [0.1, 0.15) is 63.9 Å². The number of nitrogens with one attached hydrogen (secondary N) is 2. The number of amides is 2. The zero-order chi connectivity index (χ0) is 32.5. The predicted molar refractivity (Wildman–Crippen MR) is 182 cm³/mol. The normalized spacial score (nSPS) is 23.2. The van der Waals surface area contributed by atoms with Gasteiger partial charge in [-0.3, -0.25) is 14.6 Å². The number of thioether (sulfide) groups is 1. The molecule has 0 saturated heterocycles. The number of hydrogen-bond donors (Lipinski definition) is 3. The van der Waals surface area contributed by atoms with Gasteiger partial charge in [-0.2, -0.15) is 0 Å². The van der Waals surface area contributed by atoms with Crippen LogP contribution in [0.4, 0.5) is 5.69 Å². The van der Waals surface area contributed by atoms with E-state index in [9.17, 15) is 14.4 Å². The smallest absolute Gasteiger partial charge is 0.328 e. The van der Waals surface area contributed by atoms with Gasteiger partial charge < -0.3 is 25.2 Å². The summed E-state index contributed by atoms with van der Waals surface area (Å²) < 4.78 is 12.3. The van der Waals surface area contributed by atoms with Gasteiger partial charge in [0.2, 0.25) is 5.91 Å². The van der Waals surface area contributed by atoms with Crippen molar-refractivity contribution in [1.29, 1.82) is 0 Å². The quantitative estimate of drug-likeness (QED) is 0.262. The third kappa shape index (κ3) is 5.99. The van der Waals surface area contributed by atoms with Crippen LogP contribution in [0.2, 0.25) is 0 Å². The Hall–Kier alpha value is -4.31. The van der Waals surface area contributed by atoms with Gasteiger partial charge in [-0.15, -0.1) is 0 Å². The maximum atomic E-state index is 13.9. The highest BCUT2D eigenvalue weighted by Crippen LogP contribution is 2.57. The Balaban J connectivity index is 1.11. The molecule has 1 aromatic rings. The van der Waals surface area contributed by atoms with Gasteiger partial charge in [0.05, 0.1) is 25.3 Å². The molecule has 0 aromatic heterocycles. The number of carboxylic acid groups (broad SMARTS) is 1. The zero-order valence-electron chi connectivity index (χ0n) is 26.5. The van der Waals surface area contributed by atoms with Crippen LogP contribution < -0.4 is 10.6 Å². The van der Waals surface area contributed by atoms with Crippen LogP contribution in [0, 0.1) is 11.8 Å². The van der Waals surface area contributed by atoms with Gasteiger partial charge in [0, 0.05) is 27.8 Å². The van der Waals surface area contributed by atoms with Crippen molar-refractivity contribution in [3.8, 4) is 0 Å². The highest BCUT2D eigenvalue weighted by atomic mass is 32.2. The van der Waals surface area contributed by atoms with E-state index in [4.69, 9.17) is 19.6 Å². The summed E-state index contributed by atoms with van der Waals surface area (Å²) in [6, 6.07) is 6.90. The molecule has 1 atom stereocenters. The van der Waals surface area contributed by atoms with E-state index >= 15 is 0 Å². The molecule has 7 rings (SSSR count). The third-order valence-corrected chi connectivity index (χ3v) is 11.1. The Labute approximate surface area is 278 Å². The number of benzene rings is 1. The van der Waals surface area contributed by atoms with Crippen molar-refractivity contribution in [2.24, 2.45) is 16.8 Å². The summed E-state index contributed by atoms with van der Waals surface area (Å²) in [5.74, 6) is -0.237. The SMILES string of the molecule is CCOC1=CC=C2C(C3CCCCC3)=C3C(=COCC4=C3SC(C(=O)NC3(C(=O)Nc5ccc(/C=C/C(=O)O)cc5)CCC3)=NC4)C12. The lowest BCUT2D eigenvalue weighted by Gasteiger charge is -2.41. The van der Waals surface area contributed by atoms with Crippen LogP contribution in [0.3, 0.4) is 0 Å². The number of allylic oxidation sites excluding steroid dienone is 5. The molecule has 1 aromatic carbocycles. The van der Waals surface area contributed by atoms with Crippen molar-refractivity contribution in [3.05, 3.63) is 92.8 Å². The van der Waals surface area contributed by atoms with E-state index in [-0.39, 0.29) is 17.7 Å². The van der Waals surface area contributed by atoms with E-state index in [2.05, 4.69) is 22.8 Å². The van der Waals surface area contributed by atoms with Crippen molar-refractivity contribution in [2.45, 2.75) is 63.8 Å². The standard InChI is InChI=1S/C37H39N3O6S/c1-2-46-28-15-14-26-30(23-7-4-3-5-8-23)32-27(31(26)28)21-45-20-24-19-38-35(47-33(24)32)34(43)40-37(17-6-18-37)36(44)39-25-12-9-22(10-13-25)11-16-29(41)42/h9-16,21,23,31H,2-8,17-20H2,1H3,(H,39,44)(H,40,43)(H,41,42)/b16-11+. The lowest BCUT2D eigenvalue weighted by atomic mass is 9.75. The Morgan fingerprint density at radius 3 is 2.57 bits per heavy atom. The maximum absolute atomic E-state index is 13.9. The molecule has 4 aliphatic carbocycles. The van der Waals surface area contributed by atoms with Crippen molar-refractivity contribution < 1.29 is 29.0 Å². The number of aliphatic imine (C=N–C) groups is 1. The third-order valence-electron chi connectivity index (χ3n) is 9.93. The topological polar surface area (TPSA) is 126 Å². The lowest BCUT2D eigenvalue weighted by molar-refractivity contribution is -0.131. The summed E-state index contributed by atoms with van der Waals surface area (Å²) >= 11 is 1.40. The molecule has 2 fully saturated rings. The van der Waals surface area contributed by atoms with Crippen LogP contribution in [0.5, 0.6) is 0 Å². The molecule has 2 amide bonds. The first-order valence-corrected chi connectivity index (χ1v) is 17.4. The maximum Gasteiger partial charge on any atom is 0.328 e. The first kappa shape index (κ1) is 31.3. The highest BCUT2D eigenvalue weighted by molar-refractivity contribution is 8.19. The molecule has 2 heterocycles. The average Bonchev–Trinajstić information content (AvgIpc) is 3.55. The summed E-state index contributed by atoms with van der Waals surface area (Å²) in [7, 11) is 0. The first-order valence-electron chi connectivity index (χ1n) is 16.6. The van der Waals surface area contributed by atoms with Gasteiger partial charge in [0.25, 0.3) is 5.91 Å². The highest BCUT2D eigenvalue weighted by Gasteiger charge is 2.48. The van der Waals surface area contributed by atoms with Crippen LogP contribution in [-0.4, -0.2) is 53.2 Å². The number of ether oxygens (including phenoxy) is 2. The van der Waals surface area contributed by atoms with Crippen molar-refractivity contribution in [2.75, 3.05) is 25.1 Å². The number of carboxylic acids is 1. The summed E-state index contributed by atoms with van der Waals surface area (Å²) in [5, 5.41) is 15.2. The largest absolute Gasteiger partial charge is 0.497 e. The molecule has 0 bridgehead atoms. The van der Waals surface area contributed by atoms with E-state index < -0.39 is 11.5 Å². The number of rotatable bonds is 9. The molecule has 10 heteroatoms. The van der Waals surface area contributed by atoms with E-state index in [0.717, 1.165) is 47.1 Å². The molecule has 47 heavy (non-hydrogen) atoms. The molecular weight excluding hydrogens is 614 g/mol. The fraction of sp³-hybridized carbons (Fsp3) is 0.405. The van der Waals surface area contributed by atoms with Gasteiger partial charge in [0.1, 0.15) is 17.9 Å². The molecule has 244 valence electrons. The van der Waals surface area contributed by atoms with E-state index in [1.807, 2.05) is 13.2 Å². The van der Waals surface area contributed by atoms with Crippen molar-refractivity contribution in [1.82, 2.24) is 5.32 Å². The second-order valence-electron chi connectivity index (χ2n) is 12.9. The minimum atomic E-state index is -1.03. The lowest BCUT2D eigenvalue weighted by Crippen LogP contribution is -2.62. The molecule has 1 unspecified atom stereocenters. The van der Waals surface area contributed by atoms with Crippen molar-refractivity contribution >= 4 is 46.4 Å². The average molecular weight is 654 g/mol. The van der Waals surface area contributed by atoms with E-state index in [1.54, 1.807) is 24.3 Å². The Kier molecular flexibility index (Phi) is 8.70. The first-order chi connectivity index (χ1) is 22.9. The number of nitrogens with zero attached hydrogens (tertiary/aromatic N) is 1. The van der Waals surface area contributed by atoms with Gasteiger partial charge in [-0.05, 0) is 91.5 Å². The number of fused-ring (bicyclic) bond motifs is 4. The molecule has 2 saturated carbocycles. The molecule has 0 spiro atoms. The number of carbonyl (C=O) groups excluding carboxylic acids is 2. The Morgan fingerprint density at radius 1 is 1.09 bits per heavy atom. The Bertz CT molecular complexity index is 1720. The predicted octanol–water partition coefficient (Wildman–Crippen LogP) is 6.44. The summed E-state index contributed by atoms with van der Waals surface area (Å²) in [5.41, 5.74) is 6.29. The Morgan fingerprint density at radius 2 is 1.87 bits per heavy atom. The minimum Gasteiger partial charge on any atom is -0.497 e. The fourth-order valence-corrected chi connectivity index (χ4v) is 8.54. The molecular formula is C37H39N3O6S. The number of aliphatic carboxylic acids is 1. The van der Waals surface area contributed by atoms with Gasteiger partial charge in [-0.25, -0.2) is 4.79 Å².